The quantitative estimate of drug-likeness (QED) is 0.591. The van der Waals surface area contributed by atoms with Crippen LogP contribution in [0.15, 0.2) is 66.4 Å². The highest BCUT2D eigenvalue weighted by Crippen LogP contribution is 2.30. The molecular weight excluding hydrogens is 414 g/mol. The molecule has 3 heterocycles. The van der Waals surface area contributed by atoms with Crippen LogP contribution in [0.2, 0.25) is 0 Å². The van der Waals surface area contributed by atoms with Crippen molar-refractivity contribution in [2.75, 3.05) is 38.7 Å². The highest BCUT2D eigenvalue weighted by molar-refractivity contribution is 6.04. The fourth-order valence-corrected chi connectivity index (χ4v) is 4.27. The van der Waals surface area contributed by atoms with Crippen LogP contribution in [-0.2, 0) is 0 Å². The number of hydrogen-bond donors (Lipinski definition) is 1. The Kier molecular flexibility index (Phi) is 6.09. The molecule has 0 atom stereocenters. The highest BCUT2D eigenvalue weighted by Gasteiger charge is 2.18. The van der Waals surface area contributed by atoms with Gasteiger partial charge in [-0.1, -0.05) is 0 Å². The third-order valence-electron chi connectivity index (χ3n) is 6.08. The summed E-state index contributed by atoms with van der Waals surface area (Å²) in [5.41, 5.74) is 5.32. The van der Waals surface area contributed by atoms with E-state index in [1.165, 1.54) is 31.5 Å². The molecule has 3 aromatic rings. The second-order valence-corrected chi connectivity index (χ2v) is 8.44. The molecule has 0 saturated carbocycles. The summed E-state index contributed by atoms with van der Waals surface area (Å²) in [6.45, 7) is 3.91. The minimum absolute atomic E-state index is 0.204. The number of carbonyl (C=O) groups is 1. The molecule has 0 bridgehead atoms. The molecule has 168 valence electrons. The van der Waals surface area contributed by atoms with Crippen molar-refractivity contribution >= 4 is 17.7 Å². The maximum Gasteiger partial charge on any atom is 0.257 e. The molecule has 33 heavy (non-hydrogen) atoms. The van der Waals surface area contributed by atoms with Crippen LogP contribution in [0.5, 0.6) is 11.5 Å². The van der Waals surface area contributed by atoms with Gasteiger partial charge in [-0.25, -0.2) is 0 Å². The van der Waals surface area contributed by atoms with Gasteiger partial charge >= 0.3 is 0 Å². The van der Waals surface area contributed by atoms with Crippen molar-refractivity contribution in [3.05, 3.63) is 77.5 Å². The van der Waals surface area contributed by atoms with E-state index in [1.54, 1.807) is 19.4 Å². The van der Waals surface area contributed by atoms with Crippen LogP contribution in [0.1, 0.15) is 28.8 Å². The monoisotopic (exact) mass is 441 g/mol. The number of pyridine rings is 1. The number of carbonyl (C=O) groups excluding carboxylic acids is 1. The van der Waals surface area contributed by atoms with Gasteiger partial charge in [0.05, 0.1) is 18.4 Å². The molecule has 1 N–H and O–H groups in total. The summed E-state index contributed by atoms with van der Waals surface area (Å²) in [5.74, 6) is 1.39. The second kappa shape index (κ2) is 9.46. The van der Waals surface area contributed by atoms with Crippen molar-refractivity contribution in [3.63, 3.8) is 0 Å². The van der Waals surface area contributed by atoms with Gasteiger partial charge in [0.15, 0.2) is 0 Å². The molecule has 1 fully saturated rings. The second-order valence-electron chi connectivity index (χ2n) is 8.44. The summed E-state index contributed by atoms with van der Waals surface area (Å²) in [6.07, 6.45) is 6.38. The zero-order chi connectivity index (χ0) is 22.6. The molecule has 1 saturated heterocycles. The lowest BCUT2D eigenvalue weighted by molar-refractivity contribution is 0.102. The van der Waals surface area contributed by atoms with E-state index >= 15 is 0 Å². The third-order valence-corrected chi connectivity index (χ3v) is 6.08. The van der Waals surface area contributed by atoms with Gasteiger partial charge in [-0.15, -0.1) is 0 Å². The number of amides is 1. The predicted molar refractivity (Wildman–Crippen MR) is 130 cm³/mol. The lowest BCUT2D eigenvalue weighted by Crippen LogP contribution is -2.25. The smallest absolute Gasteiger partial charge is 0.257 e. The van der Waals surface area contributed by atoms with E-state index in [0.29, 0.717) is 17.9 Å². The maximum atomic E-state index is 12.7. The summed E-state index contributed by atoms with van der Waals surface area (Å²) >= 11 is 0. The van der Waals surface area contributed by atoms with Crippen LogP contribution in [0.4, 0.5) is 5.69 Å². The minimum Gasteiger partial charge on any atom is -0.497 e. The van der Waals surface area contributed by atoms with Gasteiger partial charge in [-0.2, -0.15) is 0 Å². The molecule has 1 aromatic heterocycles. The topological polar surface area (TPSA) is 63.7 Å². The number of anilines is 1. The van der Waals surface area contributed by atoms with Gasteiger partial charge in [0.25, 0.3) is 5.91 Å². The molecule has 2 aliphatic rings. The van der Waals surface area contributed by atoms with Crippen molar-refractivity contribution in [2.24, 2.45) is 0 Å². The molecule has 5 rings (SSSR count). The normalized spacial score (nSPS) is 15.4. The number of hydrogen-bond acceptors (Lipinski definition) is 5. The average Bonchev–Trinajstić information content (AvgIpc) is 3.37. The Bertz CT molecular complexity index is 1160. The van der Waals surface area contributed by atoms with Crippen molar-refractivity contribution in [1.82, 2.24) is 9.88 Å². The Morgan fingerprint density at radius 2 is 1.91 bits per heavy atom. The number of nitrogens with one attached hydrogen (secondary N) is 1. The number of methoxy groups -OCH3 is 1. The van der Waals surface area contributed by atoms with E-state index in [1.807, 2.05) is 48.5 Å². The predicted octanol–water partition coefficient (Wildman–Crippen LogP) is 4.88. The molecule has 1 amide bonds. The Balaban J connectivity index is 1.24. The number of benzene rings is 2. The summed E-state index contributed by atoms with van der Waals surface area (Å²) in [5, 5.41) is 2.95. The first-order valence-electron chi connectivity index (χ1n) is 11.3. The summed E-state index contributed by atoms with van der Waals surface area (Å²) in [6, 6.07) is 17.1. The fraction of sp³-hybridized carbons (Fsp3) is 0.259. The van der Waals surface area contributed by atoms with Gasteiger partial charge < -0.3 is 14.8 Å². The van der Waals surface area contributed by atoms with E-state index in [2.05, 4.69) is 21.3 Å². The van der Waals surface area contributed by atoms with Crippen LogP contribution in [-0.4, -0.2) is 49.1 Å². The molecule has 2 aromatic carbocycles. The Hall–Kier alpha value is -3.64. The fourth-order valence-electron chi connectivity index (χ4n) is 4.27. The van der Waals surface area contributed by atoms with Crippen molar-refractivity contribution in [3.8, 4) is 22.8 Å². The number of fused-ring (bicyclic) bond motifs is 1. The minimum atomic E-state index is -0.204. The molecule has 2 aliphatic heterocycles. The van der Waals surface area contributed by atoms with Gasteiger partial charge in [0.1, 0.15) is 18.1 Å². The maximum absolute atomic E-state index is 12.7. The number of ether oxygens (including phenoxy) is 2. The van der Waals surface area contributed by atoms with Crippen molar-refractivity contribution in [1.29, 1.82) is 0 Å². The SMILES string of the molecule is COc1ccc(-c2ccc(C(=O)Nc3ccc4c(c3)OCC(CN3CCCC3)=C4)cn2)cc1. The van der Waals surface area contributed by atoms with Crippen LogP contribution in [0.25, 0.3) is 17.3 Å². The standard InChI is InChI=1S/C27H27N3O3/c1-32-24-9-5-20(6-10-24)25-11-7-22(16-28-25)27(31)29-23-8-4-21-14-19(18-33-26(21)15-23)17-30-12-2-3-13-30/h4-11,14-16H,2-3,12-13,17-18H2,1H3,(H,29,31). The lowest BCUT2D eigenvalue weighted by atomic mass is 10.1. The zero-order valence-corrected chi connectivity index (χ0v) is 18.7. The zero-order valence-electron chi connectivity index (χ0n) is 18.7. The Morgan fingerprint density at radius 1 is 1.09 bits per heavy atom. The molecule has 0 aliphatic carbocycles. The molecule has 0 radical (unpaired) electrons. The molecular formula is C27H27N3O3. The first kappa shape index (κ1) is 21.2. The van der Waals surface area contributed by atoms with E-state index in [9.17, 15) is 4.79 Å². The van der Waals surface area contributed by atoms with Crippen LogP contribution in [0.3, 0.4) is 0 Å². The van der Waals surface area contributed by atoms with E-state index in [-0.39, 0.29) is 5.91 Å². The molecule has 6 nitrogen and oxygen atoms in total. The van der Waals surface area contributed by atoms with Crippen LogP contribution in [0, 0.1) is 0 Å². The average molecular weight is 442 g/mol. The molecule has 0 spiro atoms. The van der Waals surface area contributed by atoms with Crippen molar-refractivity contribution < 1.29 is 14.3 Å². The number of rotatable bonds is 6. The number of aromatic nitrogens is 1. The van der Waals surface area contributed by atoms with Crippen molar-refractivity contribution in [2.45, 2.75) is 12.8 Å². The first-order valence-corrected chi connectivity index (χ1v) is 11.3. The van der Waals surface area contributed by atoms with Crippen LogP contribution >= 0.6 is 0 Å². The van der Waals surface area contributed by atoms with E-state index in [0.717, 1.165) is 34.9 Å². The van der Waals surface area contributed by atoms with E-state index < -0.39 is 0 Å². The van der Waals surface area contributed by atoms with Gasteiger partial charge in [-0.05, 0) is 86.1 Å². The molecule has 0 unspecified atom stereocenters. The van der Waals surface area contributed by atoms with Gasteiger partial charge in [0, 0.05) is 35.6 Å². The van der Waals surface area contributed by atoms with Crippen LogP contribution < -0.4 is 14.8 Å². The largest absolute Gasteiger partial charge is 0.497 e. The summed E-state index contributed by atoms with van der Waals surface area (Å²) in [4.78, 5) is 19.7. The van der Waals surface area contributed by atoms with Gasteiger partial charge in [0.2, 0.25) is 0 Å². The Morgan fingerprint density at radius 3 is 2.64 bits per heavy atom. The highest BCUT2D eigenvalue weighted by atomic mass is 16.5. The Labute approximate surface area is 193 Å². The summed E-state index contributed by atoms with van der Waals surface area (Å²) < 4.78 is 11.2. The number of nitrogens with zero attached hydrogens (tertiary/aromatic N) is 2. The summed E-state index contributed by atoms with van der Waals surface area (Å²) in [7, 11) is 1.64. The van der Waals surface area contributed by atoms with E-state index in [4.69, 9.17) is 9.47 Å². The first-order chi connectivity index (χ1) is 16.2. The third kappa shape index (κ3) is 4.91. The van der Waals surface area contributed by atoms with Gasteiger partial charge in [-0.3, -0.25) is 14.7 Å². The number of likely N-dealkylation sites (tertiary alicyclic amines) is 1. The molecule has 6 heteroatoms. The lowest BCUT2D eigenvalue weighted by Gasteiger charge is -2.22.